The first kappa shape index (κ1) is 16.7. The second kappa shape index (κ2) is 7.64. The van der Waals surface area contributed by atoms with E-state index in [2.05, 4.69) is 22.6 Å². The second-order valence-electron chi connectivity index (χ2n) is 6.70. The van der Waals surface area contributed by atoms with Crippen molar-refractivity contribution >= 4 is 17.5 Å². The number of hydrogen-bond donors (Lipinski definition) is 1. The smallest absolute Gasteiger partial charge is 0.227 e. The summed E-state index contributed by atoms with van der Waals surface area (Å²) in [6.45, 7) is 4.16. The van der Waals surface area contributed by atoms with Gasteiger partial charge in [-0.05, 0) is 38.5 Å². The van der Waals surface area contributed by atoms with E-state index in [1.54, 1.807) is 10.9 Å². The van der Waals surface area contributed by atoms with Crippen LogP contribution in [-0.2, 0) is 16.1 Å². The van der Waals surface area contributed by atoms with E-state index in [4.69, 9.17) is 0 Å². The van der Waals surface area contributed by atoms with E-state index < -0.39 is 0 Å². The lowest BCUT2D eigenvalue weighted by Gasteiger charge is -2.31. The van der Waals surface area contributed by atoms with E-state index in [9.17, 15) is 9.59 Å². The molecular formula is C18H26N4O2. The Morgan fingerprint density at radius 3 is 2.71 bits per heavy atom. The van der Waals surface area contributed by atoms with Crippen LogP contribution in [0.4, 0.5) is 5.69 Å². The van der Waals surface area contributed by atoms with Crippen molar-refractivity contribution in [2.75, 3.05) is 18.4 Å². The number of nitrogens with one attached hydrogen (secondary N) is 1. The van der Waals surface area contributed by atoms with Crippen molar-refractivity contribution in [2.24, 2.45) is 11.8 Å². The Labute approximate surface area is 142 Å². The molecule has 0 bridgehead atoms. The van der Waals surface area contributed by atoms with Gasteiger partial charge in [0.05, 0.1) is 11.9 Å². The molecule has 1 aliphatic heterocycles. The fourth-order valence-electron chi connectivity index (χ4n) is 3.46. The third-order valence-electron chi connectivity index (χ3n) is 4.99. The minimum atomic E-state index is -0.0228. The highest BCUT2D eigenvalue weighted by Crippen LogP contribution is 2.24. The number of hydrogen-bond acceptors (Lipinski definition) is 3. The second-order valence-corrected chi connectivity index (χ2v) is 6.70. The molecule has 0 saturated carbocycles. The fourth-order valence-corrected chi connectivity index (χ4v) is 3.46. The molecule has 1 atom stereocenters. The molecule has 0 spiro atoms. The van der Waals surface area contributed by atoms with E-state index in [1.165, 1.54) is 0 Å². The van der Waals surface area contributed by atoms with Gasteiger partial charge in [-0.1, -0.05) is 12.2 Å². The summed E-state index contributed by atoms with van der Waals surface area (Å²) in [6, 6.07) is 0. The van der Waals surface area contributed by atoms with E-state index in [0.717, 1.165) is 37.9 Å². The lowest BCUT2D eigenvalue weighted by molar-refractivity contribution is -0.135. The number of aryl methyl sites for hydroxylation is 1. The molecule has 1 aromatic heterocycles. The summed E-state index contributed by atoms with van der Waals surface area (Å²) in [5.41, 5.74) is 0.744. The summed E-state index contributed by atoms with van der Waals surface area (Å²) >= 11 is 0. The van der Waals surface area contributed by atoms with Gasteiger partial charge in [-0.2, -0.15) is 5.10 Å². The first-order chi connectivity index (χ1) is 11.7. The Bertz CT molecular complexity index is 614. The third-order valence-corrected chi connectivity index (χ3v) is 4.99. The molecule has 0 unspecified atom stereocenters. The first-order valence-corrected chi connectivity index (χ1v) is 8.93. The van der Waals surface area contributed by atoms with Crippen LogP contribution in [0.25, 0.3) is 0 Å². The molecule has 2 amide bonds. The summed E-state index contributed by atoms with van der Waals surface area (Å²) < 4.78 is 1.79. The lowest BCUT2D eigenvalue weighted by Crippen LogP contribution is -2.41. The predicted octanol–water partition coefficient (Wildman–Crippen LogP) is 2.44. The molecule has 130 valence electrons. The Hall–Kier alpha value is -2.11. The zero-order valence-corrected chi connectivity index (χ0v) is 14.3. The Balaban J connectivity index is 1.44. The minimum absolute atomic E-state index is 0.0228. The topological polar surface area (TPSA) is 67.2 Å². The minimum Gasteiger partial charge on any atom is -0.343 e. The third kappa shape index (κ3) is 4.04. The van der Waals surface area contributed by atoms with Gasteiger partial charge in [-0.25, -0.2) is 0 Å². The largest absolute Gasteiger partial charge is 0.343 e. The van der Waals surface area contributed by atoms with Crippen molar-refractivity contribution in [3.63, 3.8) is 0 Å². The highest BCUT2D eigenvalue weighted by Gasteiger charge is 2.28. The van der Waals surface area contributed by atoms with Crippen molar-refractivity contribution in [2.45, 2.75) is 45.6 Å². The van der Waals surface area contributed by atoms with Gasteiger partial charge in [0.2, 0.25) is 11.8 Å². The van der Waals surface area contributed by atoms with Gasteiger partial charge in [0.15, 0.2) is 0 Å². The van der Waals surface area contributed by atoms with Gasteiger partial charge >= 0.3 is 0 Å². The van der Waals surface area contributed by atoms with Gasteiger partial charge < -0.3 is 10.2 Å². The van der Waals surface area contributed by atoms with Crippen LogP contribution >= 0.6 is 0 Å². The molecule has 2 heterocycles. The fraction of sp³-hybridized carbons (Fsp3) is 0.611. The number of anilines is 1. The van der Waals surface area contributed by atoms with E-state index in [1.807, 2.05) is 18.0 Å². The van der Waals surface area contributed by atoms with E-state index in [-0.39, 0.29) is 17.7 Å². The first-order valence-electron chi connectivity index (χ1n) is 8.93. The molecule has 0 aromatic carbocycles. The SMILES string of the molecule is CCn1cc(NC(=O)C2CCN(C(=O)C[C@H]3C=CCC3)CC2)cn1. The molecular weight excluding hydrogens is 304 g/mol. The molecule has 0 radical (unpaired) electrons. The summed E-state index contributed by atoms with van der Waals surface area (Å²) in [5, 5.41) is 7.09. The normalized spacial score (nSPS) is 21.2. The highest BCUT2D eigenvalue weighted by molar-refractivity contribution is 5.92. The number of rotatable bonds is 5. The zero-order valence-electron chi connectivity index (χ0n) is 14.3. The number of likely N-dealkylation sites (tertiary alicyclic amines) is 1. The Morgan fingerprint density at radius 2 is 2.08 bits per heavy atom. The molecule has 6 nitrogen and oxygen atoms in total. The summed E-state index contributed by atoms with van der Waals surface area (Å²) in [4.78, 5) is 26.6. The van der Waals surface area contributed by atoms with Crippen LogP contribution in [0.5, 0.6) is 0 Å². The van der Waals surface area contributed by atoms with Gasteiger partial charge in [0, 0.05) is 38.2 Å². The van der Waals surface area contributed by atoms with Crippen molar-refractivity contribution in [3.05, 3.63) is 24.5 Å². The molecule has 1 aromatic rings. The van der Waals surface area contributed by atoms with Crippen LogP contribution < -0.4 is 5.32 Å². The van der Waals surface area contributed by atoms with Gasteiger partial charge in [0.25, 0.3) is 0 Å². The van der Waals surface area contributed by atoms with Crippen LogP contribution in [0.15, 0.2) is 24.5 Å². The number of piperidine rings is 1. The predicted molar refractivity (Wildman–Crippen MR) is 92.3 cm³/mol. The van der Waals surface area contributed by atoms with E-state index >= 15 is 0 Å². The monoisotopic (exact) mass is 330 g/mol. The zero-order chi connectivity index (χ0) is 16.9. The molecule has 1 saturated heterocycles. The number of amides is 2. The van der Waals surface area contributed by atoms with Crippen LogP contribution in [0, 0.1) is 11.8 Å². The maximum Gasteiger partial charge on any atom is 0.227 e. The maximum atomic E-state index is 12.4. The molecule has 1 fully saturated rings. The number of allylic oxidation sites excluding steroid dienone is 2. The molecule has 1 N–H and O–H groups in total. The van der Waals surface area contributed by atoms with Gasteiger partial charge in [-0.15, -0.1) is 0 Å². The molecule has 1 aliphatic carbocycles. The molecule has 2 aliphatic rings. The molecule has 24 heavy (non-hydrogen) atoms. The van der Waals surface area contributed by atoms with Crippen LogP contribution in [0.3, 0.4) is 0 Å². The highest BCUT2D eigenvalue weighted by atomic mass is 16.2. The number of nitrogens with zero attached hydrogens (tertiary/aromatic N) is 3. The number of aromatic nitrogens is 2. The van der Waals surface area contributed by atoms with Crippen molar-refractivity contribution in [1.29, 1.82) is 0 Å². The summed E-state index contributed by atoms with van der Waals surface area (Å²) in [6.07, 6.45) is 12.1. The van der Waals surface area contributed by atoms with Crippen molar-refractivity contribution in [3.8, 4) is 0 Å². The van der Waals surface area contributed by atoms with Crippen LogP contribution in [-0.4, -0.2) is 39.6 Å². The van der Waals surface area contributed by atoms with Gasteiger partial charge in [-0.3, -0.25) is 14.3 Å². The molecule has 6 heteroatoms. The number of carbonyl (C=O) groups is 2. The standard InChI is InChI=1S/C18H26N4O2/c1-2-22-13-16(12-19-22)20-18(24)15-7-9-21(10-8-15)17(23)11-14-5-3-4-6-14/h3,5,12-15H,2,4,6-11H2,1H3,(H,20,24)/t14-/m0/s1. The Morgan fingerprint density at radius 1 is 1.29 bits per heavy atom. The summed E-state index contributed by atoms with van der Waals surface area (Å²) in [7, 11) is 0. The summed E-state index contributed by atoms with van der Waals surface area (Å²) in [5.74, 6) is 0.658. The van der Waals surface area contributed by atoms with Gasteiger partial charge in [0.1, 0.15) is 0 Å². The molecule has 3 rings (SSSR count). The van der Waals surface area contributed by atoms with E-state index in [0.29, 0.717) is 25.4 Å². The average molecular weight is 330 g/mol. The Kier molecular flexibility index (Phi) is 5.33. The van der Waals surface area contributed by atoms with Crippen molar-refractivity contribution < 1.29 is 9.59 Å². The van der Waals surface area contributed by atoms with Crippen LogP contribution in [0.2, 0.25) is 0 Å². The quantitative estimate of drug-likeness (QED) is 0.843. The average Bonchev–Trinajstić information content (AvgIpc) is 3.26. The van der Waals surface area contributed by atoms with Crippen LogP contribution in [0.1, 0.15) is 39.0 Å². The lowest BCUT2D eigenvalue weighted by atomic mass is 9.95. The maximum absolute atomic E-state index is 12.4. The number of carbonyl (C=O) groups excluding carboxylic acids is 2. The van der Waals surface area contributed by atoms with Crippen molar-refractivity contribution in [1.82, 2.24) is 14.7 Å².